The Morgan fingerprint density at radius 2 is 2.20 bits per heavy atom. The number of hydrogen-bond acceptors (Lipinski definition) is 4. The second kappa shape index (κ2) is 4.88. The third-order valence-electron chi connectivity index (χ3n) is 2.26. The molecule has 80 valence electrons. The predicted molar refractivity (Wildman–Crippen MR) is 66.5 cm³/mol. The fourth-order valence-corrected chi connectivity index (χ4v) is 2.89. The highest BCUT2D eigenvalue weighted by Crippen LogP contribution is 2.16. The van der Waals surface area contributed by atoms with Gasteiger partial charge in [-0.2, -0.15) is 11.3 Å². The van der Waals surface area contributed by atoms with E-state index >= 15 is 0 Å². The van der Waals surface area contributed by atoms with Crippen LogP contribution in [0.25, 0.3) is 0 Å². The molecule has 2 nitrogen and oxygen atoms in total. The topological polar surface area (TPSA) is 24.9 Å². The number of nitrogens with one attached hydrogen (secondary N) is 1. The first kappa shape index (κ1) is 10.8. The molecule has 15 heavy (non-hydrogen) atoms. The largest absolute Gasteiger partial charge is 0.306 e. The van der Waals surface area contributed by atoms with Gasteiger partial charge in [-0.3, -0.25) is 0 Å². The normalized spacial score (nSPS) is 10.8. The number of thiophene rings is 1. The number of nitrogens with zero attached hydrogens (tertiary/aromatic N) is 1. The lowest BCUT2D eigenvalue weighted by atomic mass is 10.3. The fraction of sp³-hybridized carbons (Fsp3) is 0.364. The maximum Gasteiger partial charge on any atom is 0.107 e. The van der Waals surface area contributed by atoms with E-state index in [2.05, 4.69) is 41.0 Å². The van der Waals surface area contributed by atoms with E-state index in [1.807, 2.05) is 0 Å². The third kappa shape index (κ3) is 2.87. The van der Waals surface area contributed by atoms with Crippen LogP contribution in [0, 0.1) is 13.8 Å². The van der Waals surface area contributed by atoms with Crippen molar-refractivity contribution in [2.45, 2.75) is 26.9 Å². The summed E-state index contributed by atoms with van der Waals surface area (Å²) >= 11 is 3.52. The summed E-state index contributed by atoms with van der Waals surface area (Å²) in [5.41, 5.74) is 2.51. The van der Waals surface area contributed by atoms with E-state index < -0.39 is 0 Å². The Labute approximate surface area is 98.0 Å². The minimum atomic E-state index is 0.870. The summed E-state index contributed by atoms with van der Waals surface area (Å²) in [6.45, 7) is 5.99. The van der Waals surface area contributed by atoms with Crippen molar-refractivity contribution in [2.24, 2.45) is 0 Å². The van der Waals surface area contributed by atoms with Crippen LogP contribution in [-0.4, -0.2) is 4.98 Å². The molecule has 0 amide bonds. The number of aromatic nitrogens is 1. The monoisotopic (exact) mass is 238 g/mol. The average Bonchev–Trinajstić information content (AvgIpc) is 2.79. The molecule has 2 aromatic heterocycles. The lowest BCUT2D eigenvalue weighted by Gasteiger charge is -1.99. The molecule has 2 aromatic rings. The van der Waals surface area contributed by atoms with Crippen LogP contribution in [0.2, 0.25) is 0 Å². The Kier molecular flexibility index (Phi) is 3.51. The fourth-order valence-electron chi connectivity index (χ4n) is 1.32. The molecule has 0 aromatic carbocycles. The lowest BCUT2D eigenvalue weighted by molar-refractivity contribution is 0.690. The Morgan fingerprint density at radius 1 is 1.33 bits per heavy atom. The SMILES string of the molecule is Cc1nc(CNCc2ccsc2)sc1C. The van der Waals surface area contributed by atoms with Gasteiger partial charge in [0.25, 0.3) is 0 Å². The maximum absolute atomic E-state index is 4.49. The van der Waals surface area contributed by atoms with Gasteiger partial charge in [0.05, 0.1) is 5.69 Å². The molecular weight excluding hydrogens is 224 g/mol. The van der Waals surface area contributed by atoms with E-state index in [1.54, 1.807) is 22.7 Å². The van der Waals surface area contributed by atoms with Crippen molar-refractivity contribution in [3.63, 3.8) is 0 Å². The van der Waals surface area contributed by atoms with E-state index in [9.17, 15) is 0 Å². The zero-order valence-electron chi connectivity index (χ0n) is 8.91. The Balaban J connectivity index is 1.83. The Morgan fingerprint density at radius 3 is 2.80 bits per heavy atom. The molecule has 0 spiro atoms. The lowest BCUT2D eigenvalue weighted by Crippen LogP contribution is -2.11. The van der Waals surface area contributed by atoms with Crippen molar-refractivity contribution in [1.82, 2.24) is 10.3 Å². The highest BCUT2D eigenvalue weighted by atomic mass is 32.1. The van der Waals surface area contributed by atoms with Gasteiger partial charge in [0.15, 0.2) is 0 Å². The van der Waals surface area contributed by atoms with Crippen molar-refractivity contribution >= 4 is 22.7 Å². The zero-order valence-corrected chi connectivity index (χ0v) is 10.5. The standard InChI is InChI=1S/C11H14N2S2/c1-8-9(2)15-11(13-8)6-12-5-10-3-4-14-7-10/h3-4,7,12H,5-6H2,1-2H3. The summed E-state index contributed by atoms with van der Waals surface area (Å²) < 4.78 is 0. The maximum atomic E-state index is 4.49. The van der Waals surface area contributed by atoms with Gasteiger partial charge >= 0.3 is 0 Å². The predicted octanol–water partition coefficient (Wildman–Crippen LogP) is 3.11. The summed E-state index contributed by atoms with van der Waals surface area (Å²) in [5.74, 6) is 0. The molecule has 0 unspecified atom stereocenters. The van der Waals surface area contributed by atoms with Gasteiger partial charge in [-0.05, 0) is 36.2 Å². The minimum Gasteiger partial charge on any atom is -0.306 e. The Bertz CT molecular complexity index is 398. The number of hydrogen-bond donors (Lipinski definition) is 1. The highest BCUT2D eigenvalue weighted by Gasteiger charge is 2.02. The van der Waals surface area contributed by atoms with Crippen molar-refractivity contribution in [1.29, 1.82) is 0 Å². The van der Waals surface area contributed by atoms with E-state index in [0.29, 0.717) is 0 Å². The van der Waals surface area contributed by atoms with Crippen molar-refractivity contribution in [3.05, 3.63) is 38.0 Å². The molecule has 0 bridgehead atoms. The van der Waals surface area contributed by atoms with Crippen LogP contribution in [0.4, 0.5) is 0 Å². The molecule has 0 saturated heterocycles. The van der Waals surface area contributed by atoms with Crippen LogP contribution in [-0.2, 0) is 13.1 Å². The van der Waals surface area contributed by atoms with Gasteiger partial charge in [0.2, 0.25) is 0 Å². The molecule has 0 saturated carbocycles. The summed E-state index contributed by atoms with van der Waals surface area (Å²) in [4.78, 5) is 5.81. The third-order valence-corrected chi connectivity index (χ3v) is 4.06. The van der Waals surface area contributed by atoms with Crippen LogP contribution in [0.5, 0.6) is 0 Å². The van der Waals surface area contributed by atoms with Crippen LogP contribution in [0.15, 0.2) is 16.8 Å². The van der Waals surface area contributed by atoms with Gasteiger partial charge in [-0.25, -0.2) is 4.98 Å². The number of rotatable bonds is 4. The van der Waals surface area contributed by atoms with Crippen LogP contribution in [0.3, 0.4) is 0 Å². The molecule has 0 aliphatic rings. The summed E-state index contributed by atoms with van der Waals surface area (Å²) in [6, 6.07) is 2.15. The molecule has 0 aliphatic carbocycles. The summed E-state index contributed by atoms with van der Waals surface area (Å²) in [5, 5.41) is 8.86. The molecule has 1 N–H and O–H groups in total. The first-order valence-corrected chi connectivity index (χ1v) is 6.66. The molecule has 0 atom stereocenters. The Hall–Kier alpha value is -0.710. The average molecular weight is 238 g/mol. The summed E-state index contributed by atoms with van der Waals surface area (Å²) in [6.07, 6.45) is 0. The molecule has 0 fully saturated rings. The van der Waals surface area contributed by atoms with Crippen molar-refractivity contribution in [2.75, 3.05) is 0 Å². The highest BCUT2D eigenvalue weighted by molar-refractivity contribution is 7.11. The molecule has 0 radical (unpaired) electrons. The molecule has 0 aliphatic heterocycles. The molecule has 2 heterocycles. The van der Waals surface area contributed by atoms with Gasteiger partial charge < -0.3 is 5.32 Å². The van der Waals surface area contributed by atoms with Gasteiger partial charge in [0.1, 0.15) is 5.01 Å². The van der Waals surface area contributed by atoms with Crippen molar-refractivity contribution in [3.8, 4) is 0 Å². The van der Waals surface area contributed by atoms with Crippen molar-refractivity contribution < 1.29 is 0 Å². The van der Waals surface area contributed by atoms with E-state index in [-0.39, 0.29) is 0 Å². The van der Waals surface area contributed by atoms with E-state index in [1.165, 1.54) is 15.4 Å². The second-order valence-electron chi connectivity index (χ2n) is 3.48. The quantitative estimate of drug-likeness (QED) is 0.885. The van der Waals surface area contributed by atoms with Crippen LogP contribution in [0.1, 0.15) is 21.1 Å². The zero-order chi connectivity index (χ0) is 10.7. The second-order valence-corrected chi connectivity index (χ2v) is 5.55. The molecular formula is C11H14N2S2. The smallest absolute Gasteiger partial charge is 0.107 e. The van der Waals surface area contributed by atoms with E-state index in [4.69, 9.17) is 0 Å². The molecule has 2 rings (SSSR count). The summed E-state index contributed by atoms with van der Waals surface area (Å²) in [7, 11) is 0. The number of thiazole rings is 1. The first-order chi connectivity index (χ1) is 7.25. The van der Waals surface area contributed by atoms with Gasteiger partial charge in [0, 0.05) is 18.0 Å². The van der Waals surface area contributed by atoms with E-state index in [0.717, 1.165) is 18.8 Å². The molecule has 4 heteroatoms. The van der Waals surface area contributed by atoms with Crippen LogP contribution >= 0.6 is 22.7 Å². The van der Waals surface area contributed by atoms with Gasteiger partial charge in [-0.15, -0.1) is 11.3 Å². The van der Waals surface area contributed by atoms with Crippen LogP contribution < -0.4 is 5.32 Å². The number of aryl methyl sites for hydroxylation is 2. The van der Waals surface area contributed by atoms with Gasteiger partial charge in [-0.1, -0.05) is 0 Å². The minimum absolute atomic E-state index is 0.870. The first-order valence-electron chi connectivity index (χ1n) is 4.90.